The number of likely N-dealkylation sites (N-methyl/N-ethyl adjacent to an activating group) is 1. The SMILES string of the molecule is COc1ccc(C(C)NC2CC(C)N(C)C2)cc1OC. The van der Waals surface area contributed by atoms with Gasteiger partial charge in [0, 0.05) is 24.7 Å². The molecule has 2 rings (SSSR count). The fourth-order valence-corrected chi connectivity index (χ4v) is 2.89. The molecule has 0 radical (unpaired) electrons. The third-order valence-electron chi connectivity index (χ3n) is 4.28. The van der Waals surface area contributed by atoms with E-state index in [0.29, 0.717) is 18.1 Å². The Morgan fingerprint density at radius 1 is 1.25 bits per heavy atom. The van der Waals surface area contributed by atoms with Crippen molar-refractivity contribution in [2.75, 3.05) is 27.8 Å². The van der Waals surface area contributed by atoms with Gasteiger partial charge in [-0.1, -0.05) is 6.07 Å². The lowest BCUT2D eigenvalue weighted by Crippen LogP contribution is -2.33. The van der Waals surface area contributed by atoms with E-state index in [-0.39, 0.29) is 0 Å². The number of benzene rings is 1. The molecule has 1 aliphatic rings. The lowest BCUT2D eigenvalue weighted by molar-refractivity contribution is 0.325. The van der Waals surface area contributed by atoms with Crippen molar-refractivity contribution in [1.29, 1.82) is 0 Å². The fraction of sp³-hybridized carbons (Fsp3) is 0.625. The molecule has 4 heteroatoms. The summed E-state index contributed by atoms with van der Waals surface area (Å²) >= 11 is 0. The third kappa shape index (κ3) is 3.25. The minimum absolute atomic E-state index is 0.304. The Labute approximate surface area is 122 Å². The summed E-state index contributed by atoms with van der Waals surface area (Å²) in [6.45, 7) is 5.59. The van der Waals surface area contributed by atoms with Gasteiger partial charge in [0.25, 0.3) is 0 Å². The van der Waals surface area contributed by atoms with Gasteiger partial charge in [-0.3, -0.25) is 0 Å². The van der Waals surface area contributed by atoms with Crippen LogP contribution in [0.1, 0.15) is 31.9 Å². The number of hydrogen-bond acceptors (Lipinski definition) is 4. The van der Waals surface area contributed by atoms with E-state index in [0.717, 1.165) is 18.0 Å². The number of likely N-dealkylation sites (tertiary alicyclic amines) is 1. The van der Waals surface area contributed by atoms with Crippen LogP contribution in [0.15, 0.2) is 18.2 Å². The molecule has 3 atom stereocenters. The highest BCUT2D eigenvalue weighted by Crippen LogP contribution is 2.30. The quantitative estimate of drug-likeness (QED) is 0.897. The Bertz CT molecular complexity index is 440. The van der Waals surface area contributed by atoms with Gasteiger partial charge < -0.3 is 19.7 Å². The molecule has 0 amide bonds. The number of methoxy groups -OCH3 is 2. The van der Waals surface area contributed by atoms with Crippen LogP contribution >= 0.6 is 0 Å². The van der Waals surface area contributed by atoms with Crippen LogP contribution in [0.4, 0.5) is 0 Å². The van der Waals surface area contributed by atoms with E-state index in [1.54, 1.807) is 14.2 Å². The first-order chi connectivity index (χ1) is 9.55. The highest BCUT2D eigenvalue weighted by molar-refractivity contribution is 5.43. The predicted molar refractivity (Wildman–Crippen MR) is 81.6 cm³/mol. The zero-order chi connectivity index (χ0) is 14.7. The van der Waals surface area contributed by atoms with Crippen LogP contribution in [0.3, 0.4) is 0 Å². The Morgan fingerprint density at radius 3 is 2.50 bits per heavy atom. The van der Waals surface area contributed by atoms with Crippen LogP contribution < -0.4 is 14.8 Å². The van der Waals surface area contributed by atoms with E-state index in [4.69, 9.17) is 9.47 Å². The highest BCUT2D eigenvalue weighted by Gasteiger charge is 2.27. The van der Waals surface area contributed by atoms with Gasteiger partial charge in [-0.05, 0) is 45.0 Å². The molecule has 4 nitrogen and oxygen atoms in total. The van der Waals surface area contributed by atoms with E-state index in [1.807, 2.05) is 6.07 Å². The fourth-order valence-electron chi connectivity index (χ4n) is 2.89. The zero-order valence-electron chi connectivity index (χ0n) is 13.1. The second-order valence-electron chi connectivity index (χ2n) is 5.72. The first kappa shape index (κ1) is 15.1. The van der Waals surface area contributed by atoms with E-state index in [9.17, 15) is 0 Å². The van der Waals surface area contributed by atoms with E-state index in [1.165, 1.54) is 12.0 Å². The molecule has 1 N–H and O–H groups in total. The summed E-state index contributed by atoms with van der Waals surface area (Å²) in [6.07, 6.45) is 1.20. The molecular formula is C16H26N2O2. The number of nitrogens with zero attached hydrogens (tertiary/aromatic N) is 1. The van der Waals surface area contributed by atoms with Crippen molar-refractivity contribution in [2.45, 2.75) is 38.4 Å². The van der Waals surface area contributed by atoms with Crippen molar-refractivity contribution < 1.29 is 9.47 Å². The Balaban J connectivity index is 2.04. The van der Waals surface area contributed by atoms with E-state index in [2.05, 4.69) is 43.2 Å². The standard InChI is InChI=1S/C16H26N2O2/c1-11-8-14(10-18(11)3)17-12(2)13-6-7-15(19-4)16(9-13)20-5/h6-7,9,11-12,14,17H,8,10H2,1-5H3. The van der Waals surface area contributed by atoms with Crippen molar-refractivity contribution >= 4 is 0 Å². The lowest BCUT2D eigenvalue weighted by Gasteiger charge is -2.20. The molecule has 0 bridgehead atoms. The van der Waals surface area contributed by atoms with Crippen LogP contribution in [-0.2, 0) is 0 Å². The normalized spacial score (nSPS) is 24.6. The van der Waals surface area contributed by atoms with Crippen molar-refractivity contribution in [1.82, 2.24) is 10.2 Å². The average molecular weight is 278 g/mol. The molecule has 0 spiro atoms. The maximum atomic E-state index is 5.37. The maximum absolute atomic E-state index is 5.37. The Morgan fingerprint density at radius 2 is 1.95 bits per heavy atom. The molecule has 1 aromatic rings. The molecule has 20 heavy (non-hydrogen) atoms. The summed E-state index contributed by atoms with van der Waals surface area (Å²) in [5, 5.41) is 3.71. The number of nitrogens with one attached hydrogen (secondary N) is 1. The summed E-state index contributed by atoms with van der Waals surface area (Å²) in [6, 6.07) is 7.64. The van der Waals surface area contributed by atoms with E-state index < -0.39 is 0 Å². The first-order valence-electron chi connectivity index (χ1n) is 7.23. The Hall–Kier alpha value is -1.26. The van der Waals surface area contributed by atoms with Gasteiger partial charge in [-0.15, -0.1) is 0 Å². The largest absolute Gasteiger partial charge is 0.493 e. The van der Waals surface area contributed by atoms with Crippen molar-refractivity contribution in [3.8, 4) is 11.5 Å². The van der Waals surface area contributed by atoms with Crippen molar-refractivity contribution in [2.24, 2.45) is 0 Å². The van der Waals surface area contributed by atoms with Crippen molar-refractivity contribution in [3.05, 3.63) is 23.8 Å². The number of ether oxygens (including phenoxy) is 2. The van der Waals surface area contributed by atoms with Crippen LogP contribution in [0.5, 0.6) is 11.5 Å². The van der Waals surface area contributed by atoms with Gasteiger partial charge in [-0.25, -0.2) is 0 Å². The van der Waals surface area contributed by atoms with Gasteiger partial charge >= 0.3 is 0 Å². The summed E-state index contributed by atoms with van der Waals surface area (Å²) in [4.78, 5) is 2.40. The van der Waals surface area contributed by atoms with Gasteiger partial charge in [-0.2, -0.15) is 0 Å². The monoisotopic (exact) mass is 278 g/mol. The molecule has 0 aliphatic carbocycles. The second kappa shape index (κ2) is 6.46. The molecule has 112 valence electrons. The topological polar surface area (TPSA) is 33.7 Å². The van der Waals surface area contributed by atoms with Gasteiger partial charge in [0.1, 0.15) is 0 Å². The summed E-state index contributed by atoms with van der Waals surface area (Å²) in [7, 11) is 5.52. The maximum Gasteiger partial charge on any atom is 0.161 e. The molecule has 0 saturated carbocycles. The lowest BCUT2D eigenvalue weighted by atomic mass is 10.1. The highest BCUT2D eigenvalue weighted by atomic mass is 16.5. The molecule has 1 heterocycles. The van der Waals surface area contributed by atoms with Gasteiger partial charge in [0.2, 0.25) is 0 Å². The van der Waals surface area contributed by atoms with E-state index >= 15 is 0 Å². The minimum Gasteiger partial charge on any atom is -0.493 e. The second-order valence-corrected chi connectivity index (χ2v) is 5.72. The van der Waals surface area contributed by atoms with Crippen LogP contribution in [0.2, 0.25) is 0 Å². The summed E-state index contributed by atoms with van der Waals surface area (Å²) in [5.74, 6) is 1.56. The molecule has 1 aromatic carbocycles. The average Bonchev–Trinajstić information content (AvgIpc) is 2.76. The molecule has 1 aliphatic heterocycles. The smallest absolute Gasteiger partial charge is 0.161 e. The first-order valence-corrected chi connectivity index (χ1v) is 7.23. The third-order valence-corrected chi connectivity index (χ3v) is 4.28. The predicted octanol–water partition coefficient (Wildman–Crippen LogP) is 2.45. The zero-order valence-corrected chi connectivity index (χ0v) is 13.1. The van der Waals surface area contributed by atoms with Gasteiger partial charge in [0.15, 0.2) is 11.5 Å². The summed E-state index contributed by atoms with van der Waals surface area (Å²) < 4.78 is 10.7. The van der Waals surface area contributed by atoms with Gasteiger partial charge in [0.05, 0.1) is 14.2 Å². The molecule has 0 aromatic heterocycles. The molecule has 1 saturated heterocycles. The Kier molecular flexibility index (Phi) is 4.89. The number of rotatable bonds is 5. The molecule has 1 fully saturated rings. The minimum atomic E-state index is 0.304. The molecular weight excluding hydrogens is 252 g/mol. The van der Waals surface area contributed by atoms with Crippen LogP contribution in [-0.4, -0.2) is 44.8 Å². The van der Waals surface area contributed by atoms with Crippen molar-refractivity contribution in [3.63, 3.8) is 0 Å². The van der Waals surface area contributed by atoms with Crippen LogP contribution in [0, 0.1) is 0 Å². The summed E-state index contributed by atoms with van der Waals surface area (Å²) in [5.41, 5.74) is 1.23. The van der Waals surface area contributed by atoms with Crippen LogP contribution in [0.25, 0.3) is 0 Å². The molecule has 3 unspecified atom stereocenters. The number of hydrogen-bond donors (Lipinski definition) is 1.